The van der Waals surface area contributed by atoms with E-state index < -0.39 is 0 Å². The van der Waals surface area contributed by atoms with Crippen molar-refractivity contribution in [3.05, 3.63) is 23.8 Å². The van der Waals surface area contributed by atoms with Crippen LogP contribution in [0.3, 0.4) is 0 Å². The van der Waals surface area contributed by atoms with Gasteiger partial charge in [0.15, 0.2) is 0 Å². The number of hydrogen-bond donors (Lipinski definition) is 1. The number of likely N-dealkylation sites (tertiary alicyclic amines) is 1. The summed E-state index contributed by atoms with van der Waals surface area (Å²) in [5.74, 6) is 1.25. The molecule has 2 heterocycles. The fourth-order valence-corrected chi connectivity index (χ4v) is 3.10. The van der Waals surface area contributed by atoms with Crippen molar-refractivity contribution >= 4 is 5.91 Å². The maximum absolute atomic E-state index is 12.6. The zero-order valence-electron chi connectivity index (χ0n) is 13.7. The molecule has 1 aliphatic rings. The van der Waals surface area contributed by atoms with Crippen molar-refractivity contribution in [2.24, 2.45) is 11.8 Å². The Morgan fingerprint density at radius 3 is 2.50 bits per heavy atom. The molecule has 1 amide bonds. The summed E-state index contributed by atoms with van der Waals surface area (Å²) >= 11 is 0. The number of amides is 1. The Balaban J connectivity index is 2.08. The maximum atomic E-state index is 12.6. The topological polar surface area (TPSA) is 69.6 Å². The summed E-state index contributed by atoms with van der Waals surface area (Å²) in [6, 6.07) is 0. The van der Waals surface area contributed by atoms with Gasteiger partial charge in [-0.2, -0.15) is 0 Å². The highest BCUT2D eigenvalue weighted by atomic mass is 16.3. The highest BCUT2D eigenvalue weighted by Crippen LogP contribution is 2.23. The fraction of sp³-hybridized carbons (Fsp3) is 0.688. The Labute approximate surface area is 132 Å². The van der Waals surface area contributed by atoms with Gasteiger partial charge in [0.05, 0.1) is 5.56 Å². The minimum absolute atomic E-state index is 0.0374. The first-order chi connectivity index (χ1) is 10.5. The van der Waals surface area contributed by atoms with Gasteiger partial charge in [-0.3, -0.25) is 4.79 Å². The van der Waals surface area contributed by atoms with Crippen molar-refractivity contribution in [1.82, 2.24) is 19.8 Å². The van der Waals surface area contributed by atoms with E-state index in [9.17, 15) is 9.90 Å². The molecular formula is C16H26N4O2. The number of carbonyl (C=O) groups is 1. The number of aliphatic hydroxyl groups is 1. The zero-order valence-corrected chi connectivity index (χ0v) is 13.7. The van der Waals surface area contributed by atoms with Crippen molar-refractivity contribution < 1.29 is 9.90 Å². The van der Waals surface area contributed by atoms with E-state index in [2.05, 4.69) is 14.9 Å². The molecule has 0 aliphatic carbocycles. The average Bonchev–Trinajstić information content (AvgIpc) is 2.53. The SMILES string of the molecule is CCc1ncc(C(=O)N2C[C@H](CO)C[C@H](CN(C)C)C2)cn1. The minimum Gasteiger partial charge on any atom is -0.396 e. The normalized spacial score (nSPS) is 22.1. The van der Waals surface area contributed by atoms with E-state index in [0.29, 0.717) is 18.0 Å². The van der Waals surface area contributed by atoms with Gasteiger partial charge in [-0.1, -0.05) is 6.92 Å². The van der Waals surface area contributed by atoms with E-state index in [1.54, 1.807) is 12.4 Å². The highest BCUT2D eigenvalue weighted by Gasteiger charge is 2.30. The Morgan fingerprint density at radius 1 is 1.32 bits per heavy atom. The molecule has 22 heavy (non-hydrogen) atoms. The largest absolute Gasteiger partial charge is 0.396 e. The second kappa shape index (κ2) is 7.65. The van der Waals surface area contributed by atoms with Crippen LogP contribution in [0.2, 0.25) is 0 Å². The van der Waals surface area contributed by atoms with Crippen LogP contribution in [0.4, 0.5) is 0 Å². The van der Waals surface area contributed by atoms with Gasteiger partial charge in [0.2, 0.25) is 0 Å². The monoisotopic (exact) mass is 306 g/mol. The van der Waals surface area contributed by atoms with Crippen LogP contribution in [0.25, 0.3) is 0 Å². The fourth-order valence-electron chi connectivity index (χ4n) is 3.10. The second-order valence-corrected chi connectivity index (χ2v) is 6.36. The number of rotatable bonds is 5. The summed E-state index contributed by atoms with van der Waals surface area (Å²) in [4.78, 5) is 25.0. The Kier molecular flexibility index (Phi) is 5.85. The molecule has 1 aromatic rings. The first-order valence-electron chi connectivity index (χ1n) is 7.89. The molecular weight excluding hydrogens is 280 g/mol. The number of aliphatic hydroxyl groups excluding tert-OH is 1. The van der Waals surface area contributed by atoms with Gasteiger partial charge in [-0.25, -0.2) is 9.97 Å². The van der Waals surface area contributed by atoms with Gasteiger partial charge in [0.25, 0.3) is 5.91 Å². The lowest BCUT2D eigenvalue weighted by atomic mass is 9.89. The van der Waals surface area contributed by atoms with E-state index in [4.69, 9.17) is 0 Å². The van der Waals surface area contributed by atoms with Crippen molar-refractivity contribution in [1.29, 1.82) is 0 Å². The van der Waals surface area contributed by atoms with Gasteiger partial charge in [0.1, 0.15) is 5.82 Å². The van der Waals surface area contributed by atoms with Crippen molar-refractivity contribution in [3.63, 3.8) is 0 Å². The lowest BCUT2D eigenvalue weighted by molar-refractivity contribution is 0.0477. The predicted molar refractivity (Wildman–Crippen MR) is 84.6 cm³/mol. The van der Waals surface area contributed by atoms with Gasteiger partial charge >= 0.3 is 0 Å². The molecule has 0 bridgehead atoms. The molecule has 6 nitrogen and oxygen atoms in total. The third kappa shape index (κ3) is 4.24. The molecule has 2 atom stereocenters. The van der Waals surface area contributed by atoms with Gasteiger partial charge in [0, 0.05) is 45.1 Å². The number of hydrogen-bond acceptors (Lipinski definition) is 5. The van der Waals surface area contributed by atoms with Crippen LogP contribution >= 0.6 is 0 Å². The summed E-state index contributed by atoms with van der Waals surface area (Å²) in [7, 11) is 4.07. The summed E-state index contributed by atoms with van der Waals surface area (Å²) in [5, 5.41) is 9.51. The number of aromatic nitrogens is 2. The molecule has 0 radical (unpaired) electrons. The highest BCUT2D eigenvalue weighted by molar-refractivity contribution is 5.93. The Morgan fingerprint density at radius 2 is 1.95 bits per heavy atom. The van der Waals surface area contributed by atoms with Crippen LogP contribution in [0, 0.1) is 11.8 Å². The molecule has 2 rings (SSSR count). The molecule has 1 N–H and O–H groups in total. The van der Waals surface area contributed by atoms with E-state index in [0.717, 1.165) is 31.8 Å². The van der Waals surface area contributed by atoms with Crippen LogP contribution in [-0.2, 0) is 6.42 Å². The standard InChI is InChI=1S/C16H26N4O2/c1-4-15-17-6-14(7-18-15)16(22)20-9-12(8-19(2)3)5-13(10-20)11-21/h6-7,12-13,21H,4-5,8-11H2,1-3H3/t12-,13-/m1/s1. The van der Waals surface area contributed by atoms with Crippen molar-refractivity contribution in [3.8, 4) is 0 Å². The van der Waals surface area contributed by atoms with Crippen LogP contribution in [-0.4, -0.2) is 71.1 Å². The van der Waals surface area contributed by atoms with Crippen LogP contribution in [0.5, 0.6) is 0 Å². The summed E-state index contributed by atoms with van der Waals surface area (Å²) in [5.41, 5.74) is 0.527. The minimum atomic E-state index is -0.0374. The maximum Gasteiger partial charge on any atom is 0.257 e. The molecule has 0 spiro atoms. The van der Waals surface area contributed by atoms with Crippen LogP contribution in [0.15, 0.2) is 12.4 Å². The second-order valence-electron chi connectivity index (χ2n) is 6.36. The quantitative estimate of drug-likeness (QED) is 0.866. The van der Waals surface area contributed by atoms with Gasteiger partial charge in [-0.05, 0) is 32.4 Å². The van der Waals surface area contributed by atoms with E-state index in [1.807, 2.05) is 25.9 Å². The zero-order chi connectivity index (χ0) is 16.1. The van der Waals surface area contributed by atoms with Crippen LogP contribution in [0.1, 0.15) is 29.5 Å². The molecule has 122 valence electrons. The average molecular weight is 306 g/mol. The third-order valence-electron chi connectivity index (χ3n) is 4.06. The van der Waals surface area contributed by atoms with Crippen LogP contribution < -0.4 is 0 Å². The molecule has 1 saturated heterocycles. The van der Waals surface area contributed by atoms with Crippen molar-refractivity contribution in [2.75, 3.05) is 40.3 Å². The first-order valence-corrected chi connectivity index (χ1v) is 7.89. The van der Waals surface area contributed by atoms with Crippen molar-refractivity contribution in [2.45, 2.75) is 19.8 Å². The summed E-state index contributed by atoms with van der Waals surface area (Å²) in [6.45, 7) is 4.36. The Bertz CT molecular complexity index is 489. The molecule has 0 aromatic carbocycles. The summed E-state index contributed by atoms with van der Waals surface area (Å²) in [6.07, 6.45) is 4.94. The predicted octanol–water partition coefficient (Wildman–Crippen LogP) is 0.671. The molecule has 1 fully saturated rings. The molecule has 0 saturated carbocycles. The molecule has 6 heteroatoms. The molecule has 1 aromatic heterocycles. The molecule has 1 aliphatic heterocycles. The molecule has 0 unspecified atom stereocenters. The number of carbonyl (C=O) groups excluding carboxylic acids is 1. The first kappa shape index (κ1) is 16.8. The number of nitrogens with zero attached hydrogens (tertiary/aromatic N) is 4. The lowest BCUT2D eigenvalue weighted by Crippen LogP contribution is -2.47. The summed E-state index contributed by atoms with van der Waals surface area (Å²) < 4.78 is 0. The number of piperidine rings is 1. The lowest BCUT2D eigenvalue weighted by Gasteiger charge is -2.38. The smallest absolute Gasteiger partial charge is 0.257 e. The number of aryl methyl sites for hydroxylation is 1. The van der Waals surface area contributed by atoms with E-state index >= 15 is 0 Å². The van der Waals surface area contributed by atoms with Gasteiger partial charge in [-0.15, -0.1) is 0 Å². The Hall–Kier alpha value is -1.53. The van der Waals surface area contributed by atoms with E-state index in [1.165, 1.54) is 0 Å². The third-order valence-corrected chi connectivity index (χ3v) is 4.06. The van der Waals surface area contributed by atoms with E-state index in [-0.39, 0.29) is 18.4 Å². The van der Waals surface area contributed by atoms with Gasteiger partial charge < -0.3 is 14.9 Å².